The van der Waals surface area contributed by atoms with Gasteiger partial charge in [0.25, 0.3) is 5.56 Å². The Balaban J connectivity index is 1.94. The molecular formula is C14H14FNO2. The summed E-state index contributed by atoms with van der Waals surface area (Å²) in [4.78, 5) is 11.6. The second-order valence-corrected chi connectivity index (χ2v) is 4.04. The third-order valence-corrected chi connectivity index (χ3v) is 2.55. The Morgan fingerprint density at radius 2 is 2.11 bits per heavy atom. The highest BCUT2D eigenvalue weighted by atomic mass is 19.1. The molecule has 2 rings (SSSR count). The molecule has 1 heterocycles. The topological polar surface area (TPSA) is 31.2 Å². The third kappa shape index (κ3) is 3.20. The van der Waals surface area contributed by atoms with Crippen LogP contribution in [0.15, 0.2) is 47.4 Å². The molecule has 2 aromatic rings. The van der Waals surface area contributed by atoms with Crippen molar-refractivity contribution in [2.24, 2.45) is 0 Å². The van der Waals surface area contributed by atoms with E-state index < -0.39 is 0 Å². The van der Waals surface area contributed by atoms with Crippen molar-refractivity contribution in [2.75, 3.05) is 6.61 Å². The van der Waals surface area contributed by atoms with Crippen LogP contribution in [-0.4, -0.2) is 11.2 Å². The second kappa shape index (κ2) is 5.49. The quantitative estimate of drug-likeness (QED) is 0.830. The molecule has 0 saturated heterocycles. The van der Waals surface area contributed by atoms with Gasteiger partial charge in [-0.15, -0.1) is 0 Å². The fraction of sp³-hybridized carbons (Fsp3) is 0.214. The van der Waals surface area contributed by atoms with Gasteiger partial charge in [-0.05, 0) is 30.7 Å². The molecule has 0 bridgehead atoms. The molecule has 0 aliphatic carbocycles. The fourth-order valence-electron chi connectivity index (χ4n) is 1.61. The van der Waals surface area contributed by atoms with Crippen molar-refractivity contribution in [3.05, 3.63) is 64.3 Å². The van der Waals surface area contributed by atoms with Crippen LogP contribution < -0.4 is 10.3 Å². The smallest absolute Gasteiger partial charge is 0.250 e. The molecule has 94 valence electrons. The van der Waals surface area contributed by atoms with E-state index in [1.165, 1.54) is 12.1 Å². The number of hydrogen-bond acceptors (Lipinski definition) is 2. The SMILES string of the molecule is Cc1ccn(CCOc2cccc(F)c2)c(=O)c1. The highest BCUT2D eigenvalue weighted by Gasteiger charge is 1.98. The molecule has 0 aliphatic heterocycles. The number of hydrogen-bond donors (Lipinski definition) is 0. The first-order chi connectivity index (χ1) is 8.65. The summed E-state index contributed by atoms with van der Waals surface area (Å²) in [6.45, 7) is 2.64. The van der Waals surface area contributed by atoms with E-state index in [2.05, 4.69) is 0 Å². The summed E-state index contributed by atoms with van der Waals surface area (Å²) in [5.41, 5.74) is 0.875. The van der Waals surface area contributed by atoms with E-state index in [-0.39, 0.29) is 11.4 Å². The monoisotopic (exact) mass is 247 g/mol. The predicted octanol–water partition coefficient (Wildman–Crippen LogP) is 2.37. The van der Waals surface area contributed by atoms with Crippen molar-refractivity contribution in [3.8, 4) is 5.75 Å². The molecule has 0 N–H and O–H groups in total. The van der Waals surface area contributed by atoms with Crippen LogP contribution in [0.1, 0.15) is 5.56 Å². The molecular weight excluding hydrogens is 233 g/mol. The molecule has 0 unspecified atom stereocenters. The molecule has 0 saturated carbocycles. The highest BCUT2D eigenvalue weighted by molar-refractivity contribution is 5.22. The van der Waals surface area contributed by atoms with Gasteiger partial charge in [-0.2, -0.15) is 0 Å². The number of aromatic nitrogens is 1. The minimum atomic E-state index is -0.333. The van der Waals surface area contributed by atoms with Crippen molar-refractivity contribution in [3.63, 3.8) is 0 Å². The van der Waals surface area contributed by atoms with Gasteiger partial charge < -0.3 is 9.30 Å². The molecule has 0 amide bonds. The number of pyridine rings is 1. The second-order valence-electron chi connectivity index (χ2n) is 4.04. The van der Waals surface area contributed by atoms with Gasteiger partial charge in [-0.1, -0.05) is 6.07 Å². The molecule has 0 fully saturated rings. The van der Waals surface area contributed by atoms with Gasteiger partial charge in [0.1, 0.15) is 18.2 Å². The Hall–Kier alpha value is -2.10. The summed E-state index contributed by atoms with van der Waals surface area (Å²) in [6, 6.07) is 9.38. The summed E-state index contributed by atoms with van der Waals surface area (Å²) in [6.07, 6.45) is 1.73. The van der Waals surface area contributed by atoms with Crippen molar-refractivity contribution in [2.45, 2.75) is 13.5 Å². The molecule has 1 aromatic heterocycles. The minimum absolute atomic E-state index is 0.0576. The lowest BCUT2D eigenvalue weighted by molar-refractivity contribution is 0.295. The van der Waals surface area contributed by atoms with Gasteiger partial charge in [0, 0.05) is 18.3 Å². The van der Waals surface area contributed by atoms with Gasteiger partial charge >= 0.3 is 0 Å². The Morgan fingerprint density at radius 3 is 2.83 bits per heavy atom. The first-order valence-electron chi connectivity index (χ1n) is 5.70. The van der Waals surface area contributed by atoms with E-state index >= 15 is 0 Å². The maximum absolute atomic E-state index is 12.9. The molecule has 0 aliphatic rings. The largest absolute Gasteiger partial charge is 0.492 e. The molecule has 0 spiro atoms. The minimum Gasteiger partial charge on any atom is -0.492 e. The lowest BCUT2D eigenvalue weighted by Gasteiger charge is -2.08. The van der Waals surface area contributed by atoms with Crippen LogP contribution in [0.3, 0.4) is 0 Å². The number of halogens is 1. The zero-order valence-corrected chi connectivity index (χ0v) is 10.1. The molecule has 18 heavy (non-hydrogen) atoms. The number of rotatable bonds is 4. The van der Waals surface area contributed by atoms with E-state index in [1.807, 2.05) is 13.0 Å². The summed E-state index contributed by atoms with van der Waals surface area (Å²) < 4.78 is 19.8. The normalized spacial score (nSPS) is 10.3. The predicted molar refractivity (Wildman–Crippen MR) is 67.3 cm³/mol. The first kappa shape index (κ1) is 12.4. The average molecular weight is 247 g/mol. The standard InChI is InChI=1S/C14H14FNO2/c1-11-5-6-16(14(17)9-11)7-8-18-13-4-2-3-12(15)10-13/h2-6,9-10H,7-8H2,1H3. The maximum atomic E-state index is 12.9. The molecule has 1 aromatic carbocycles. The Labute approximate surface area is 104 Å². The Bertz CT molecular complexity index is 592. The fourth-order valence-corrected chi connectivity index (χ4v) is 1.61. The van der Waals surface area contributed by atoms with Gasteiger partial charge in [0.15, 0.2) is 0 Å². The van der Waals surface area contributed by atoms with E-state index in [1.54, 1.807) is 29.0 Å². The van der Waals surface area contributed by atoms with Crippen LogP contribution in [0.25, 0.3) is 0 Å². The number of nitrogens with zero attached hydrogens (tertiary/aromatic N) is 1. The van der Waals surface area contributed by atoms with E-state index in [9.17, 15) is 9.18 Å². The van der Waals surface area contributed by atoms with E-state index in [4.69, 9.17) is 4.74 Å². The lowest BCUT2D eigenvalue weighted by Crippen LogP contribution is -2.21. The summed E-state index contributed by atoms with van der Waals surface area (Å²) in [7, 11) is 0. The number of benzene rings is 1. The lowest BCUT2D eigenvalue weighted by atomic mass is 10.3. The molecule has 0 atom stereocenters. The van der Waals surface area contributed by atoms with Gasteiger partial charge in [-0.3, -0.25) is 4.79 Å². The van der Waals surface area contributed by atoms with Crippen LogP contribution in [0.4, 0.5) is 4.39 Å². The van der Waals surface area contributed by atoms with Gasteiger partial charge in [0.05, 0.1) is 6.54 Å². The Kier molecular flexibility index (Phi) is 3.77. The van der Waals surface area contributed by atoms with E-state index in [0.29, 0.717) is 18.9 Å². The van der Waals surface area contributed by atoms with Gasteiger partial charge in [0.2, 0.25) is 0 Å². The number of ether oxygens (including phenoxy) is 1. The van der Waals surface area contributed by atoms with Crippen molar-refractivity contribution in [1.82, 2.24) is 4.57 Å². The average Bonchev–Trinajstić information content (AvgIpc) is 2.32. The van der Waals surface area contributed by atoms with Crippen LogP contribution in [0, 0.1) is 12.7 Å². The van der Waals surface area contributed by atoms with Crippen LogP contribution in [0.2, 0.25) is 0 Å². The summed E-state index contributed by atoms with van der Waals surface area (Å²) in [5.74, 6) is 0.134. The van der Waals surface area contributed by atoms with Crippen LogP contribution >= 0.6 is 0 Å². The summed E-state index contributed by atoms with van der Waals surface area (Å²) in [5, 5.41) is 0. The van der Waals surface area contributed by atoms with Gasteiger partial charge in [-0.25, -0.2) is 4.39 Å². The zero-order chi connectivity index (χ0) is 13.0. The summed E-state index contributed by atoms with van der Waals surface area (Å²) >= 11 is 0. The van der Waals surface area contributed by atoms with Crippen molar-refractivity contribution >= 4 is 0 Å². The molecule has 4 heteroatoms. The third-order valence-electron chi connectivity index (χ3n) is 2.55. The zero-order valence-electron chi connectivity index (χ0n) is 10.1. The molecule has 0 radical (unpaired) electrons. The highest BCUT2D eigenvalue weighted by Crippen LogP contribution is 2.11. The number of aryl methyl sites for hydroxylation is 1. The van der Waals surface area contributed by atoms with Crippen molar-refractivity contribution in [1.29, 1.82) is 0 Å². The Morgan fingerprint density at radius 1 is 1.28 bits per heavy atom. The maximum Gasteiger partial charge on any atom is 0.250 e. The first-order valence-corrected chi connectivity index (χ1v) is 5.70. The van der Waals surface area contributed by atoms with Crippen LogP contribution in [-0.2, 0) is 6.54 Å². The molecule has 3 nitrogen and oxygen atoms in total. The van der Waals surface area contributed by atoms with Crippen molar-refractivity contribution < 1.29 is 9.13 Å². The van der Waals surface area contributed by atoms with Crippen LogP contribution in [0.5, 0.6) is 5.75 Å². The van der Waals surface area contributed by atoms with E-state index in [0.717, 1.165) is 5.56 Å².